The van der Waals surface area contributed by atoms with Crippen molar-refractivity contribution in [1.29, 1.82) is 0 Å². The monoisotopic (exact) mass is 1050 g/mol. The van der Waals surface area contributed by atoms with E-state index in [4.69, 9.17) is 14.2 Å². The highest BCUT2D eigenvalue weighted by Crippen LogP contribution is 2.15. The molecule has 0 radical (unpaired) electrons. The van der Waals surface area contributed by atoms with Gasteiger partial charge >= 0.3 is 17.9 Å². The Hall–Kier alpha value is -4.71. The van der Waals surface area contributed by atoms with Crippen LogP contribution in [0.15, 0.2) is 146 Å². The van der Waals surface area contributed by atoms with E-state index in [0.29, 0.717) is 19.3 Å². The number of rotatable bonds is 54. The van der Waals surface area contributed by atoms with Gasteiger partial charge in [-0.1, -0.05) is 276 Å². The molecule has 0 saturated carbocycles. The van der Waals surface area contributed by atoms with Crippen molar-refractivity contribution in [2.75, 3.05) is 13.2 Å². The van der Waals surface area contributed by atoms with Crippen LogP contribution >= 0.6 is 0 Å². The summed E-state index contributed by atoms with van der Waals surface area (Å²) in [5.74, 6) is -1.01. The van der Waals surface area contributed by atoms with E-state index < -0.39 is 12.1 Å². The van der Waals surface area contributed by atoms with Gasteiger partial charge in [-0.2, -0.15) is 0 Å². The molecule has 0 saturated heterocycles. The van der Waals surface area contributed by atoms with E-state index in [0.717, 1.165) is 122 Å². The molecular weight excluding hydrogens is 937 g/mol. The largest absolute Gasteiger partial charge is 0.462 e. The Morgan fingerprint density at radius 2 is 0.539 bits per heavy atom. The van der Waals surface area contributed by atoms with Crippen LogP contribution in [0.4, 0.5) is 0 Å². The summed E-state index contributed by atoms with van der Waals surface area (Å²) in [6, 6.07) is 0. The van der Waals surface area contributed by atoms with Gasteiger partial charge in [-0.3, -0.25) is 14.4 Å². The van der Waals surface area contributed by atoms with E-state index in [9.17, 15) is 14.4 Å². The van der Waals surface area contributed by atoms with Crippen LogP contribution in [0.25, 0.3) is 0 Å². The molecule has 0 aromatic carbocycles. The van der Waals surface area contributed by atoms with Crippen LogP contribution in [0.1, 0.15) is 258 Å². The molecule has 0 fully saturated rings. The van der Waals surface area contributed by atoms with Crippen molar-refractivity contribution in [3.05, 3.63) is 146 Å². The Morgan fingerprint density at radius 1 is 0.276 bits per heavy atom. The van der Waals surface area contributed by atoms with Gasteiger partial charge in [-0.25, -0.2) is 0 Å². The number of allylic oxidation sites excluding steroid dienone is 24. The standard InChI is InChI=1S/C70H112O6/c1-4-7-10-13-16-19-22-25-27-29-31-32-33-34-35-36-37-38-40-41-43-45-48-51-54-57-60-63-69(72)75-66-67(65-74-68(71)62-59-56-53-50-47-24-21-18-15-12-9-6-3)76-70(73)64-61-58-55-52-49-46-44-42-39-30-28-26-23-20-17-14-11-8-5-2/h7-8,10-11,16-17,19-20,25-28,31-32,34-35,37-39,42,46,49,55,58,67H,4-6,9,12-15,18,21-24,29-30,33,36,40-41,43-45,47-48,50-54,56-57,59-66H2,1-3H3/b10-7-,11-8-,19-16-,20-17-,27-25-,28-26-,32-31-,35-34-,38-37-,42-39-,49-46-,58-55-. The second kappa shape index (κ2) is 62.8. The zero-order valence-electron chi connectivity index (χ0n) is 49.0. The fourth-order valence-electron chi connectivity index (χ4n) is 8.06. The number of esters is 3. The molecule has 1 unspecified atom stereocenters. The molecule has 6 nitrogen and oxygen atoms in total. The van der Waals surface area contributed by atoms with Crippen LogP contribution in [0, 0.1) is 0 Å². The Balaban J connectivity index is 4.43. The molecular formula is C70H112O6. The summed E-state index contributed by atoms with van der Waals surface area (Å²) in [5, 5.41) is 0. The average molecular weight is 1050 g/mol. The smallest absolute Gasteiger partial charge is 0.306 e. The van der Waals surface area contributed by atoms with Gasteiger partial charge in [0.05, 0.1) is 0 Å². The highest BCUT2D eigenvalue weighted by molar-refractivity contribution is 5.71. The van der Waals surface area contributed by atoms with E-state index in [1.165, 1.54) is 89.9 Å². The normalized spacial score (nSPS) is 13.1. The SMILES string of the molecule is CC/C=C\C/C=C\C/C=C\C/C=C\C/C=C\C/C=C\CCCCCCCCCCC(=O)OCC(COC(=O)CCCCCCCCCCCCCC)OC(=O)CC/C=C\C/C=C\C/C=C\C/C=C\C/C=C\C/C=C\CC. The first-order valence-corrected chi connectivity index (χ1v) is 30.8. The van der Waals surface area contributed by atoms with Crippen LogP contribution < -0.4 is 0 Å². The minimum Gasteiger partial charge on any atom is -0.462 e. The lowest BCUT2D eigenvalue weighted by atomic mass is 10.0. The molecule has 0 aliphatic carbocycles. The fourth-order valence-corrected chi connectivity index (χ4v) is 8.06. The third kappa shape index (κ3) is 60.2. The van der Waals surface area contributed by atoms with Crippen molar-refractivity contribution in [3.8, 4) is 0 Å². The lowest BCUT2D eigenvalue weighted by molar-refractivity contribution is -0.166. The van der Waals surface area contributed by atoms with E-state index in [-0.39, 0.29) is 31.6 Å². The van der Waals surface area contributed by atoms with Crippen LogP contribution in [0.2, 0.25) is 0 Å². The Kier molecular flexibility index (Phi) is 58.9. The highest BCUT2D eigenvalue weighted by Gasteiger charge is 2.19. The first-order chi connectivity index (χ1) is 37.5. The third-order valence-electron chi connectivity index (χ3n) is 12.6. The van der Waals surface area contributed by atoms with Gasteiger partial charge in [-0.15, -0.1) is 0 Å². The molecule has 0 aliphatic rings. The molecule has 0 bridgehead atoms. The molecule has 0 aliphatic heterocycles. The maximum absolute atomic E-state index is 12.8. The first kappa shape index (κ1) is 71.3. The van der Waals surface area contributed by atoms with Gasteiger partial charge in [0.15, 0.2) is 6.10 Å². The maximum atomic E-state index is 12.8. The number of carbonyl (C=O) groups excluding carboxylic acids is 3. The van der Waals surface area contributed by atoms with Crippen molar-refractivity contribution >= 4 is 17.9 Å². The number of hydrogen-bond acceptors (Lipinski definition) is 6. The number of carbonyl (C=O) groups is 3. The Labute approximate surface area is 467 Å². The van der Waals surface area contributed by atoms with Crippen LogP contribution in [0.5, 0.6) is 0 Å². The van der Waals surface area contributed by atoms with Gasteiger partial charge < -0.3 is 14.2 Å². The van der Waals surface area contributed by atoms with Gasteiger partial charge in [-0.05, 0) is 109 Å². The van der Waals surface area contributed by atoms with Crippen molar-refractivity contribution in [1.82, 2.24) is 0 Å². The second-order valence-electron chi connectivity index (χ2n) is 19.9. The highest BCUT2D eigenvalue weighted by atomic mass is 16.6. The van der Waals surface area contributed by atoms with Crippen molar-refractivity contribution < 1.29 is 28.6 Å². The van der Waals surface area contributed by atoms with Gasteiger partial charge in [0, 0.05) is 19.3 Å². The summed E-state index contributed by atoms with van der Waals surface area (Å²) in [6.45, 7) is 6.34. The molecule has 0 spiro atoms. The second-order valence-corrected chi connectivity index (χ2v) is 19.9. The summed E-state index contributed by atoms with van der Waals surface area (Å²) in [5.41, 5.74) is 0. The molecule has 0 N–H and O–H groups in total. The van der Waals surface area contributed by atoms with Gasteiger partial charge in [0.2, 0.25) is 0 Å². The van der Waals surface area contributed by atoms with Crippen LogP contribution in [-0.4, -0.2) is 37.2 Å². The van der Waals surface area contributed by atoms with Crippen LogP contribution in [-0.2, 0) is 28.6 Å². The summed E-state index contributed by atoms with van der Waals surface area (Å²) in [4.78, 5) is 38.2. The molecule has 0 rings (SSSR count). The number of hydrogen-bond donors (Lipinski definition) is 0. The first-order valence-electron chi connectivity index (χ1n) is 30.8. The van der Waals surface area contributed by atoms with Crippen LogP contribution in [0.3, 0.4) is 0 Å². The molecule has 0 heterocycles. The zero-order chi connectivity index (χ0) is 55.0. The summed E-state index contributed by atoms with van der Waals surface area (Å²) in [7, 11) is 0. The fraction of sp³-hybridized carbons (Fsp3) is 0.614. The lowest BCUT2D eigenvalue weighted by Gasteiger charge is -2.18. The zero-order valence-corrected chi connectivity index (χ0v) is 49.0. The summed E-state index contributed by atoms with van der Waals surface area (Å²) in [6.07, 6.45) is 90.0. The van der Waals surface area contributed by atoms with Gasteiger partial charge in [0.1, 0.15) is 13.2 Å². The molecule has 76 heavy (non-hydrogen) atoms. The van der Waals surface area contributed by atoms with E-state index in [1.807, 2.05) is 6.08 Å². The maximum Gasteiger partial charge on any atom is 0.306 e. The molecule has 1 atom stereocenters. The molecule has 0 aromatic rings. The summed E-state index contributed by atoms with van der Waals surface area (Å²) >= 11 is 0. The molecule has 0 aromatic heterocycles. The molecule has 0 amide bonds. The van der Waals surface area contributed by atoms with Gasteiger partial charge in [0.25, 0.3) is 0 Å². The minimum absolute atomic E-state index is 0.114. The van der Waals surface area contributed by atoms with Crippen molar-refractivity contribution in [2.45, 2.75) is 264 Å². The molecule has 6 heteroatoms. The van der Waals surface area contributed by atoms with E-state index in [2.05, 4.69) is 161 Å². The quantitative estimate of drug-likeness (QED) is 0.0261. The minimum atomic E-state index is -0.827. The third-order valence-corrected chi connectivity index (χ3v) is 12.6. The van der Waals surface area contributed by atoms with E-state index in [1.54, 1.807) is 0 Å². The number of ether oxygens (including phenoxy) is 3. The lowest BCUT2D eigenvalue weighted by Crippen LogP contribution is -2.30. The average Bonchev–Trinajstić information content (AvgIpc) is 3.42. The van der Waals surface area contributed by atoms with Crippen molar-refractivity contribution in [3.63, 3.8) is 0 Å². The van der Waals surface area contributed by atoms with E-state index >= 15 is 0 Å². The Bertz CT molecular complexity index is 1680. The Morgan fingerprint density at radius 3 is 0.855 bits per heavy atom. The topological polar surface area (TPSA) is 78.9 Å². The predicted octanol–water partition coefficient (Wildman–Crippen LogP) is 21.2. The van der Waals surface area contributed by atoms with Crippen molar-refractivity contribution in [2.24, 2.45) is 0 Å². The molecule has 428 valence electrons. The summed E-state index contributed by atoms with van der Waals surface area (Å²) < 4.78 is 16.8. The predicted molar refractivity (Wildman–Crippen MR) is 329 cm³/mol. The number of unbranched alkanes of at least 4 members (excludes halogenated alkanes) is 19.